The van der Waals surface area contributed by atoms with Crippen LogP contribution in [-0.4, -0.2) is 58.3 Å². The molecule has 4 bridgehead atoms. The molecule has 8 nitrogen and oxygen atoms in total. The van der Waals surface area contributed by atoms with Gasteiger partial charge in [0.1, 0.15) is 11.4 Å². The van der Waals surface area contributed by atoms with E-state index in [-0.39, 0.29) is 23.5 Å². The second-order valence-electron chi connectivity index (χ2n) is 11.2. The molecule has 1 amide bonds. The third kappa shape index (κ3) is 4.05. The van der Waals surface area contributed by atoms with Crippen LogP contribution < -0.4 is 20.9 Å². The molecular formula is C26H32F2N6O2. The smallest absolute Gasteiger partial charge is 0.267 e. The fourth-order valence-corrected chi connectivity index (χ4v) is 7.44. The van der Waals surface area contributed by atoms with Gasteiger partial charge in [0, 0.05) is 43.6 Å². The number of anilines is 3. The van der Waals surface area contributed by atoms with Crippen molar-refractivity contribution in [1.29, 1.82) is 0 Å². The van der Waals surface area contributed by atoms with Gasteiger partial charge in [-0.05, 0) is 75.0 Å². The maximum Gasteiger partial charge on any atom is 0.267 e. The van der Waals surface area contributed by atoms with Crippen molar-refractivity contribution in [2.75, 3.05) is 34.8 Å². The number of aromatic nitrogens is 2. The van der Waals surface area contributed by atoms with Gasteiger partial charge >= 0.3 is 0 Å². The van der Waals surface area contributed by atoms with Gasteiger partial charge in [-0.15, -0.1) is 0 Å². The Morgan fingerprint density at radius 1 is 1.17 bits per heavy atom. The van der Waals surface area contributed by atoms with Crippen LogP contribution in [0.5, 0.6) is 0 Å². The zero-order valence-electron chi connectivity index (χ0n) is 20.3. The topological polar surface area (TPSA) is 108 Å². The molecule has 0 radical (unpaired) electrons. The number of carbonyl (C=O) groups is 1. The molecule has 7 rings (SSSR count). The van der Waals surface area contributed by atoms with Gasteiger partial charge < -0.3 is 26.0 Å². The van der Waals surface area contributed by atoms with Crippen LogP contribution in [0.3, 0.4) is 0 Å². The van der Waals surface area contributed by atoms with Gasteiger partial charge in [0.05, 0.1) is 5.60 Å². The zero-order valence-corrected chi connectivity index (χ0v) is 20.3. The van der Waals surface area contributed by atoms with E-state index in [4.69, 9.17) is 5.73 Å². The highest BCUT2D eigenvalue weighted by atomic mass is 19.1. The van der Waals surface area contributed by atoms with Crippen molar-refractivity contribution in [2.24, 2.45) is 23.5 Å². The highest BCUT2D eigenvalue weighted by molar-refractivity contribution is 5.90. The minimum absolute atomic E-state index is 0.0294. The number of piperazine rings is 1. The molecule has 4 aliphatic carbocycles. The van der Waals surface area contributed by atoms with Crippen LogP contribution in [0.15, 0.2) is 24.4 Å². The van der Waals surface area contributed by atoms with Crippen molar-refractivity contribution in [2.45, 2.75) is 56.7 Å². The summed E-state index contributed by atoms with van der Waals surface area (Å²) in [6.45, 7) is 3.12. The maximum absolute atomic E-state index is 15.3. The van der Waals surface area contributed by atoms with E-state index in [0.29, 0.717) is 49.0 Å². The van der Waals surface area contributed by atoms with E-state index in [1.54, 1.807) is 4.90 Å². The number of primary amides is 1. The molecule has 1 aromatic heterocycles. The Hall–Kier alpha value is -3.01. The first kappa shape index (κ1) is 23.4. The Bertz CT molecular complexity index is 1160. The monoisotopic (exact) mass is 498 g/mol. The van der Waals surface area contributed by atoms with Gasteiger partial charge in [-0.1, -0.05) is 0 Å². The third-order valence-corrected chi connectivity index (χ3v) is 8.69. The molecule has 192 valence electrons. The second-order valence-corrected chi connectivity index (χ2v) is 11.2. The number of nitrogens with two attached hydrogens (primary N) is 1. The maximum atomic E-state index is 15.3. The number of nitrogens with zero attached hydrogens (tertiary/aromatic N) is 4. The quantitative estimate of drug-likeness (QED) is 0.582. The Balaban J connectivity index is 1.16. The predicted octanol–water partition coefficient (Wildman–Crippen LogP) is 2.92. The summed E-state index contributed by atoms with van der Waals surface area (Å²) in [6, 6.07) is 4.25. The summed E-state index contributed by atoms with van der Waals surface area (Å²) in [5.74, 6) is -0.176. The van der Waals surface area contributed by atoms with Crippen LogP contribution in [0.4, 0.5) is 26.1 Å². The summed E-state index contributed by atoms with van der Waals surface area (Å²) in [5, 5.41) is 14.3. The highest BCUT2D eigenvalue weighted by Gasteiger charge is 2.54. The normalized spacial score (nSPS) is 33.2. The second kappa shape index (κ2) is 8.54. The Kier molecular flexibility index (Phi) is 5.55. The summed E-state index contributed by atoms with van der Waals surface area (Å²) in [7, 11) is 0. The molecule has 5 fully saturated rings. The van der Waals surface area contributed by atoms with Crippen LogP contribution in [0.2, 0.25) is 0 Å². The molecule has 2 heterocycles. The average molecular weight is 499 g/mol. The molecule has 4 N–H and O–H groups in total. The van der Waals surface area contributed by atoms with Crippen molar-refractivity contribution >= 4 is 23.2 Å². The SMILES string of the molecule is C[C@@H]1CN(c2c(F)cc(NC3C4CC5CC3CC(O)(C5)C4)cc2F)CCN1c1nccc(C(N)=O)n1. The van der Waals surface area contributed by atoms with Gasteiger partial charge in [-0.2, -0.15) is 0 Å². The fraction of sp³-hybridized carbons (Fsp3) is 0.577. The van der Waals surface area contributed by atoms with Crippen molar-refractivity contribution < 1.29 is 18.7 Å². The first-order valence-corrected chi connectivity index (χ1v) is 12.8. The van der Waals surface area contributed by atoms with E-state index in [1.165, 1.54) is 24.4 Å². The van der Waals surface area contributed by atoms with Crippen LogP contribution in [0.1, 0.15) is 49.5 Å². The lowest BCUT2D eigenvalue weighted by Gasteiger charge is -2.58. The number of carbonyl (C=O) groups excluding carboxylic acids is 1. The largest absolute Gasteiger partial charge is 0.390 e. The standard InChI is InChI=1S/C26H32F2N6O2/c1-14-13-33(4-5-34(14)25-30-3-2-21(32-25)24(29)35)23-19(27)8-18(9-20(23)28)31-22-16-6-15-7-17(22)12-26(36,10-15)11-16/h2-3,8-9,14-17,22,31,36H,4-7,10-13H2,1H3,(H2,29,35)/t14-,15?,16?,17?,22?,26?/m1/s1. The van der Waals surface area contributed by atoms with E-state index >= 15 is 8.78 Å². The van der Waals surface area contributed by atoms with E-state index in [9.17, 15) is 9.90 Å². The van der Waals surface area contributed by atoms with Crippen LogP contribution in [0.25, 0.3) is 0 Å². The molecule has 1 aliphatic heterocycles. The Labute approximate surface area is 208 Å². The molecule has 0 spiro atoms. The van der Waals surface area contributed by atoms with E-state index < -0.39 is 23.1 Å². The van der Waals surface area contributed by atoms with Crippen LogP contribution >= 0.6 is 0 Å². The lowest BCUT2D eigenvalue weighted by atomic mass is 9.52. The number of amides is 1. The summed E-state index contributed by atoms with van der Waals surface area (Å²) in [4.78, 5) is 23.6. The number of rotatable bonds is 5. The van der Waals surface area contributed by atoms with Crippen molar-refractivity contribution in [3.63, 3.8) is 0 Å². The molecule has 10 heteroatoms. The Morgan fingerprint density at radius 3 is 2.47 bits per heavy atom. The van der Waals surface area contributed by atoms with Gasteiger partial charge in [0.2, 0.25) is 5.95 Å². The average Bonchev–Trinajstić information content (AvgIpc) is 2.80. The molecule has 4 saturated carbocycles. The minimum atomic E-state index is -0.632. The molecule has 2 unspecified atom stereocenters. The number of hydrogen-bond acceptors (Lipinski definition) is 7. The predicted molar refractivity (Wildman–Crippen MR) is 132 cm³/mol. The van der Waals surface area contributed by atoms with E-state index in [0.717, 1.165) is 32.1 Å². The lowest BCUT2D eigenvalue weighted by molar-refractivity contribution is -0.129. The fourth-order valence-electron chi connectivity index (χ4n) is 7.44. The molecule has 1 aromatic carbocycles. The number of halogens is 2. The Morgan fingerprint density at radius 2 is 1.86 bits per heavy atom. The van der Waals surface area contributed by atoms with Crippen LogP contribution in [0, 0.1) is 29.4 Å². The van der Waals surface area contributed by atoms with Crippen molar-refractivity contribution in [3.8, 4) is 0 Å². The molecule has 3 atom stereocenters. The molecule has 5 aliphatic rings. The molecule has 36 heavy (non-hydrogen) atoms. The number of aliphatic hydroxyl groups is 1. The minimum Gasteiger partial charge on any atom is -0.390 e. The van der Waals surface area contributed by atoms with Gasteiger partial charge in [0.25, 0.3) is 5.91 Å². The van der Waals surface area contributed by atoms with Gasteiger partial charge in [-0.25, -0.2) is 18.7 Å². The first-order valence-electron chi connectivity index (χ1n) is 12.8. The zero-order chi connectivity index (χ0) is 25.2. The molecule has 1 saturated heterocycles. The summed E-state index contributed by atoms with van der Waals surface area (Å²) >= 11 is 0. The van der Waals surface area contributed by atoms with E-state index in [1.807, 2.05) is 11.8 Å². The van der Waals surface area contributed by atoms with Gasteiger partial charge in [0.15, 0.2) is 11.6 Å². The molecular weight excluding hydrogens is 466 g/mol. The first-order chi connectivity index (χ1) is 17.2. The summed E-state index contributed by atoms with van der Waals surface area (Å²) in [5.41, 5.74) is 5.35. The van der Waals surface area contributed by atoms with E-state index in [2.05, 4.69) is 15.3 Å². The summed E-state index contributed by atoms with van der Waals surface area (Å²) < 4.78 is 30.6. The highest BCUT2D eigenvalue weighted by Crippen LogP contribution is 2.56. The lowest BCUT2D eigenvalue weighted by Crippen LogP contribution is -2.58. The van der Waals surface area contributed by atoms with Gasteiger partial charge in [-0.3, -0.25) is 4.79 Å². The van der Waals surface area contributed by atoms with Crippen molar-refractivity contribution in [3.05, 3.63) is 41.7 Å². The summed E-state index contributed by atoms with van der Waals surface area (Å²) in [6.07, 6.45) is 6.08. The number of nitrogens with one attached hydrogen (secondary N) is 1. The number of hydrogen-bond donors (Lipinski definition) is 3. The number of benzene rings is 1. The molecule has 2 aromatic rings. The third-order valence-electron chi connectivity index (χ3n) is 8.69. The van der Waals surface area contributed by atoms with Crippen molar-refractivity contribution in [1.82, 2.24) is 9.97 Å². The van der Waals surface area contributed by atoms with Crippen LogP contribution in [-0.2, 0) is 0 Å².